The van der Waals surface area contributed by atoms with Crippen LogP contribution in [0.4, 0.5) is 13.2 Å². The molecule has 0 aromatic heterocycles. The third kappa shape index (κ3) is 4.71. The molecule has 10 heteroatoms. The molecular weight excluding hydrogens is 461 g/mol. The average molecular weight is 483 g/mol. The van der Waals surface area contributed by atoms with Crippen LogP contribution in [0.5, 0.6) is 0 Å². The number of halogens is 4. The van der Waals surface area contributed by atoms with Crippen molar-refractivity contribution in [3.05, 3.63) is 28.7 Å². The lowest BCUT2D eigenvalue weighted by Gasteiger charge is -2.38. The highest BCUT2D eigenvalue weighted by Gasteiger charge is 2.44. The molecule has 0 spiro atoms. The highest BCUT2D eigenvalue weighted by Crippen LogP contribution is 2.34. The molecule has 0 bridgehead atoms. The summed E-state index contributed by atoms with van der Waals surface area (Å²) in [5.41, 5.74) is 0. The van der Waals surface area contributed by atoms with Gasteiger partial charge >= 0.3 is 6.18 Å². The maximum Gasteiger partial charge on any atom is 0.393 e. The maximum absolute atomic E-state index is 13.0. The summed E-state index contributed by atoms with van der Waals surface area (Å²) in [5, 5.41) is 0. The van der Waals surface area contributed by atoms with Gasteiger partial charge < -0.3 is 4.90 Å². The second-order valence-corrected chi connectivity index (χ2v) is 10.2. The van der Waals surface area contributed by atoms with E-state index in [1.54, 1.807) is 12.1 Å². The van der Waals surface area contributed by atoms with Gasteiger partial charge in [0, 0.05) is 30.7 Å². The highest BCUT2D eigenvalue weighted by atomic mass is 79.9. The number of hydrogen-bond donors (Lipinski definition) is 0. The van der Waals surface area contributed by atoms with Crippen molar-refractivity contribution in [3.8, 4) is 0 Å². The third-order valence-corrected chi connectivity index (χ3v) is 7.79. The zero-order valence-corrected chi connectivity index (χ0v) is 17.6. The van der Waals surface area contributed by atoms with Crippen LogP contribution in [0.25, 0.3) is 0 Å². The molecule has 1 aromatic carbocycles. The Hall–Kier alpha value is -1.13. The first-order chi connectivity index (χ1) is 13.1. The van der Waals surface area contributed by atoms with Crippen LogP contribution in [-0.4, -0.2) is 55.9 Å². The van der Waals surface area contributed by atoms with Gasteiger partial charge in [-0.3, -0.25) is 4.79 Å². The molecule has 2 saturated heterocycles. The topological polar surface area (TPSA) is 57.7 Å². The Morgan fingerprint density at radius 2 is 1.68 bits per heavy atom. The van der Waals surface area contributed by atoms with Gasteiger partial charge in [-0.2, -0.15) is 17.5 Å². The first-order valence-electron chi connectivity index (χ1n) is 9.20. The van der Waals surface area contributed by atoms with Gasteiger partial charge in [0.15, 0.2) is 0 Å². The fraction of sp³-hybridized carbons (Fsp3) is 0.611. The van der Waals surface area contributed by atoms with Crippen LogP contribution in [0, 0.1) is 11.8 Å². The number of carbonyl (C=O) groups excluding carboxylic acids is 1. The van der Waals surface area contributed by atoms with Crippen molar-refractivity contribution in [3.63, 3.8) is 0 Å². The molecule has 2 aliphatic heterocycles. The largest absolute Gasteiger partial charge is 0.393 e. The van der Waals surface area contributed by atoms with Crippen molar-refractivity contribution in [1.82, 2.24) is 9.21 Å². The fourth-order valence-electron chi connectivity index (χ4n) is 3.82. The summed E-state index contributed by atoms with van der Waals surface area (Å²) in [6.45, 7) is 0.261. The van der Waals surface area contributed by atoms with Gasteiger partial charge in [0.1, 0.15) is 0 Å². The Morgan fingerprint density at radius 3 is 2.32 bits per heavy atom. The number of carbonyl (C=O) groups is 1. The lowest BCUT2D eigenvalue weighted by Crippen LogP contribution is -2.50. The quantitative estimate of drug-likeness (QED) is 0.660. The van der Waals surface area contributed by atoms with Crippen molar-refractivity contribution in [2.45, 2.75) is 36.8 Å². The number of nitrogens with zero attached hydrogens (tertiary/aromatic N) is 2. The van der Waals surface area contributed by atoms with Crippen LogP contribution in [0.15, 0.2) is 33.6 Å². The highest BCUT2D eigenvalue weighted by molar-refractivity contribution is 9.10. The van der Waals surface area contributed by atoms with E-state index in [-0.39, 0.29) is 30.3 Å². The summed E-state index contributed by atoms with van der Waals surface area (Å²) in [6, 6.07) is 6.24. The molecular formula is C18H22BrF3N2O3S. The Morgan fingerprint density at radius 1 is 1.04 bits per heavy atom. The number of likely N-dealkylation sites (tertiary alicyclic amines) is 1. The summed E-state index contributed by atoms with van der Waals surface area (Å²) in [6.07, 6.45) is -2.99. The van der Waals surface area contributed by atoms with Crippen molar-refractivity contribution in [2.24, 2.45) is 11.8 Å². The predicted molar refractivity (Wildman–Crippen MR) is 101 cm³/mol. The number of rotatable bonds is 3. The second-order valence-electron chi connectivity index (χ2n) is 7.32. The number of alkyl halides is 3. The van der Waals surface area contributed by atoms with Gasteiger partial charge in [0.25, 0.3) is 0 Å². The lowest BCUT2D eigenvalue weighted by atomic mass is 9.93. The van der Waals surface area contributed by atoms with Gasteiger partial charge in [-0.1, -0.05) is 15.9 Å². The molecule has 0 saturated carbocycles. The van der Waals surface area contributed by atoms with Crippen LogP contribution < -0.4 is 0 Å². The molecule has 3 rings (SSSR count). The molecule has 1 aromatic rings. The monoisotopic (exact) mass is 482 g/mol. The molecule has 2 atom stereocenters. The Balaban J connectivity index is 1.70. The molecule has 2 unspecified atom stereocenters. The lowest BCUT2D eigenvalue weighted by molar-refractivity contribution is -0.188. The Labute approximate surface area is 171 Å². The van der Waals surface area contributed by atoms with E-state index < -0.39 is 28.0 Å². The molecule has 5 nitrogen and oxygen atoms in total. The van der Waals surface area contributed by atoms with E-state index in [9.17, 15) is 26.4 Å². The predicted octanol–water partition coefficient (Wildman–Crippen LogP) is 3.65. The number of piperidine rings is 2. The minimum absolute atomic E-state index is 0.00438. The summed E-state index contributed by atoms with van der Waals surface area (Å²) in [7, 11) is -3.75. The standard InChI is InChI=1S/C18H22BrF3N2O3S/c19-15-5-7-16(8-6-15)28(26,27)24-10-1-3-13(11-24)17(25)23-9-2-4-14(12-23)18(20,21)22/h5-8,13-14H,1-4,9-12H2. The normalized spacial score (nSPS) is 24.9. The van der Waals surface area contributed by atoms with Crippen molar-refractivity contribution in [1.29, 1.82) is 0 Å². The smallest absolute Gasteiger partial charge is 0.342 e. The van der Waals surface area contributed by atoms with E-state index >= 15 is 0 Å². The Kier molecular flexibility index (Phi) is 6.41. The number of sulfonamides is 1. The van der Waals surface area contributed by atoms with E-state index in [1.165, 1.54) is 21.3 Å². The van der Waals surface area contributed by atoms with Gasteiger partial charge in [-0.15, -0.1) is 0 Å². The van der Waals surface area contributed by atoms with Gasteiger partial charge in [-0.25, -0.2) is 8.42 Å². The second kappa shape index (κ2) is 8.31. The number of benzene rings is 1. The van der Waals surface area contributed by atoms with Gasteiger partial charge in [-0.05, 0) is 49.9 Å². The van der Waals surface area contributed by atoms with Crippen molar-refractivity contribution in [2.75, 3.05) is 26.2 Å². The molecule has 28 heavy (non-hydrogen) atoms. The summed E-state index contributed by atoms with van der Waals surface area (Å²) >= 11 is 3.26. The molecule has 156 valence electrons. The van der Waals surface area contributed by atoms with E-state index in [0.717, 1.165) is 4.47 Å². The molecule has 0 radical (unpaired) electrons. The van der Waals surface area contributed by atoms with E-state index in [0.29, 0.717) is 32.4 Å². The number of amides is 1. The minimum Gasteiger partial charge on any atom is -0.342 e. The molecule has 2 fully saturated rings. The van der Waals surface area contributed by atoms with Crippen LogP contribution >= 0.6 is 15.9 Å². The molecule has 2 heterocycles. The van der Waals surface area contributed by atoms with Crippen LogP contribution in [0.2, 0.25) is 0 Å². The van der Waals surface area contributed by atoms with Crippen LogP contribution in [0.1, 0.15) is 25.7 Å². The SMILES string of the molecule is O=C(C1CCCN(S(=O)(=O)c2ccc(Br)cc2)C1)N1CCCC(C(F)(F)F)C1. The Bertz CT molecular complexity index is 814. The minimum atomic E-state index is -4.32. The first-order valence-corrected chi connectivity index (χ1v) is 11.4. The molecule has 2 aliphatic rings. The first kappa shape index (κ1) is 21.6. The van der Waals surface area contributed by atoms with Crippen molar-refractivity contribution >= 4 is 31.9 Å². The number of hydrogen-bond acceptors (Lipinski definition) is 3. The van der Waals surface area contributed by atoms with E-state index in [1.807, 2.05) is 0 Å². The molecule has 0 N–H and O–H groups in total. The van der Waals surface area contributed by atoms with E-state index in [2.05, 4.69) is 15.9 Å². The molecule has 0 aliphatic carbocycles. The van der Waals surface area contributed by atoms with Gasteiger partial charge in [0.05, 0.1) is 16.7 Å². The summed E-state index contributed by atoms with van der Waals surface area (Å²) < 4.78 is 66.8. The summed E-state index contributed by atoms with van der Waals surface area (Å²) in [5.74, 6) is -2.48. The van der Waals surface area contributed by atoms with Crippen LogP contribution in [0.3, 0.4) is 0 Å². The third-order valence-electron chi connectivity index (χ3n) is 5.38. The van der Waals surface area contributed by atoms with Gasteiger partial charge in [0.2, 0.25) is 15.9 Å². The molecule has 1 amide bonds. The average Bonchev–Trinajstić information content (AvgIpc) is 2.67. The van der Waals surface area contributed by atoms with Crippen LogP contribution in [-0.2, 0) is 14.8 Å². The fourth-order valence-corrected chi connectivity index (χ4v) is 5.61. The van der Waals surface area contributed by atoms with E-state index in [4.69, 9.17) is 0 Å². The zero-order chi connectivity index (χ0) is 20.5. The van der Waals surface area contributed by atoms with Crippen molar-refractivity contribution < 1.29 is 26.4 Å². The summed E-state index contributed by atoms with van der Waals surface area (Å²) in [4.78, 5) is 14.2. The zero-order valence-electron chi connectivity index (χ0n) is 15.2. The maximum atomic E-state index is 13.0.